The number of hydrogen-bond donors (Lipinski definition) is 1. The lowest BCUT2D eigenvalue weighted by Gasteiger charge is -2.35. The molecule has 2 aliphatic rings. The normalized spacial score (nSPS) is 19.4. The summed E-state index contributed by atoms with van der Waals surface area (Å²) in [5.74, 6) is -0.251. The van der Waals surface area contributed by atoms with Crippen molar-refractivity contribution < 1.29 is 13.2 Å². The van der Waals surface area contributed by atoms with Gasteiger partial charge in [0, 0.05) is 37.9 Å². The number of para-hydroxylation sites is 1. The first-order valence-corrected chi connectivity index (χ1v) is 13.1. The molecule has 1 amide bonds. The molecule has 6 nitrogen and oxygen atoms in total. The molecule has 0 bridgehead atoms. The smallest absolute Gasteiger partial charge is 0.262 e. The summed E-state index contributed by atoms with van der Waals surface area (Å²) < 4.78 is 28.1. The third-order valence-electron chi connectivity index (χ3n) is 6.00. The van der Waals surface area contributed by atoms with E-state index in [9.17, 15) is 13.2 Å². The van der Waals surface area contributed by atoms with Gasteiger partial charge in [-0.25, -0.2) is 8.42 Å². The zero-order valence-corrected chi connectivity index (χ0v) is 18.8. The molecule has 1 aromatic heterocycles. The van der Waals surface area contributed by atoms with Crippen LogP contribution in [0.5, 0.6) is 0 Å². The highest BCUT2D eigenvalue weighted by atomic mass is 32.2. The first-order chi connectivity index (χ1) is 14.6. The summed E-state index contributed by atoms with van der Waals surface area (Å²) in [5.41, 5.74) is 1.11. The minimum Gasteiger partial charge on any atom is -0.369 e. The van der Waals surface area contributed by atoms with Gasteiger partial charge in [-0.05, 0) is 36.4 Å². The largest absolute Gasteiger partial charge is 0.369 e. The van der Waals surface area contributed by atoms with Crippen molar-refractivity contribution >= 4 is 33.0 Å². The van der Waals surface area contributed by atoms with E-state index < -0.39 is 10.0 Å². The predicted molar refractivity (Wildman–Crippen MR) is 121 cm³/mol. The van der Waals surface area contributed by atoms with Crippen LogP contribution >= 0.6 is 11.3 Å². The fraction of sp³-hybridized carbons (Fsp3) is 0.500. The minimum absolute atomic E-state index is 0.145. The van der Waals surface area contributed by atoms with Crippen molar-refractivity contribution in [3.05, 3.63) is 46.7 Å². The van der Waals surface area contributed by atoms with Gasteiger partial charge in [-0.1, -0.05) is 43.9 Å². The molecule has 162 valence electrons. The lowest BCUT2D eigenvalue weighted by Crippen LogP contribution is -2.49. The van der Waals surface area contributed by atoms with Gasteiger partial charge in [0.05, 0.1) is 0 Å². The third kappa shape index (κ3) is 4.71. The van der Waals surface area contributed by atoms with E-state index in [0.29, 0.717) is 31.1 Å². The number of carbonyl (C=O) groups is 1. The fourth-order valence-electron chi connectivity index (χ4n) is 4.31. The van der Waals surface area contributed by atoms with Gasteiger partial charge in [0.25, 0.3) is 5.91 Å². The average Bonchev–Trinajstić information content (AvgIpc) is 3.15. The molecule has 2 fully saturated rings. The topological polar surface area (TPSA) is 69.7 Å². The van der Waals surface area contributed by atoms with Crippen LogP contribution in [0.25, 0.3) is 0 Å². The minimum atomic E-state index is -3.69. The number of sulfonamides is 1. The molecule has 0 spiro atoms. The molecule has 1 aliphatic carbocycles. The highest BCUT2D eigenvalue weighted by molar-refractivity contribution is 7.89. The van der Waals surface area contributed by atoms with Crippen LogP contribution in [0.4, 0.5) is 5.69 Å². The molecule has 1 aromatic carbocycles. The van der Waals surface area contributed by atoms with Crippen LogP contribution in [-0.4, -0.2) is 50.9 Å². The van der Waals surface area contributed by atoms with Crippen LogP contribution in [0.2, 0.25) is 0 Å². The molecule has 30 heavy (non-hydrogen) atoms. The van der Waals surface area contributed by atoms with Crippen LogP contribution in [0.15, 0.2) is 46.7 Å². The van der Waals surface area contributed by atoms with Crippen molar-refractivity contribution in [3.63, 3.8) is 0 Å². The number of benzene rings is 1. The van der Waals surface area contributed by atoms with E-state index in [0.717, 1.165) is 31.4 Å². The number of carbonyl (C=O) groups excluding carboxylic acids is 1. The van der Waals surface area contributed by atoms with E-state index in [-0.39, 0.29) is 16.8 Å². The SMILES string of the molecule is O=C(NC1CCCCCC1)c1sccc1S(=O)(=O)N1CCN(c2ccccc2)CC1. The lowest BCUT2D eigenvalue weighted by molar-refractivity contribution is 0.0934. The van der Waals surface area contributed by atoms with Crippen molar-refractivity contribution in [1.82, 2.24) is 9.62 Å². The predicted octanol–water partition coefficient (Wildman–Crippen LogP) is 3.71. The van der Waals surface area contributed by atoms with Crippen molar-refractivity contribution in [2.45, 2.75) is 49.5 Å². The maximum Gasteiger partial charge on any atom is 0.262 e. The lowest BCUT2D eigenvalue weighted by atomic mass is 10.1. The van der Waals surface area contributed by atoms with E-state index in [2.05, 4.69) is 10.2 Å². The Labute approximate surface area is 182 Å². The Morgan fingerprint density at radius 3 is 2.27 bits per heavy atom. The Kier molecular flexibility index (Phi) is 6.75. The van der Waals surface area contributed by atoms with Gasteiger partial charge in [0.2, 0.25) is 10.0 Å². The number of piperazine rings is 1. The molecular formula is C22H29N3O3S2. The second-order valence-electron chi connectivity index (χ2n) is 8.00. The highest BCUT2D eigenvalue weighted by Crippen LogP contribution is 2.28. The molecule has 0 atom stereocenters. The molecule has 2 aromatic rings. The summed E-state index contributed by atoms with van der Waals surface area (Å²) in [4.78, 5) is 15.5. The van der Waals surface area contributed by atoms with Gasteiger partial charge in [-0.3, -0.25) is 4.79 Å². The summed E-state index contributed by atoms with van der Waals surface area (Å²) in [6.45, 7) is 2.10. The highest BCUT2D eigenvalue weighted by Gasteiger charge is 2.33. The van der Waals surface area contributed by atoms with Gasteiger partial charge in [-0.15, -0.1) is 11.3 Å². The number of nitrogens with one attached hydrogen (secondary N) is 1. The summed E-state index contributed by atoms with van der Waals surface area (Å²) in [5, 5.41) is 4.79. The summed E-state index contributed by atoms with van der Waals surface area (Å²) in [7, 11) is -3.69. The van der Waals surface area contributed by atoms with Gasteiger partial charge in [0.1, 0.15) is 9.77 Å². The zero-order chi connectivity index (χ0) is 21.0. The van der Waals surface area contributed by atoms with E-state index in [1.54, 1.807) is 11.4 Å². The van der Waals surface area contributed by atoms with Crippen LogP contribution < -0.4 is 10.2 Å². The molecule has 1 N–H and O–H groups in total. The first-order valence-electron chi connectivity index (χ1n) is 10.7. The number of anilines is 1. The van der Waals surface area contributed by atoms with Crippen LogP contribution in [0.3, 0.4) is 0 Å². The summed E-state index contributed by atoms with van der Waals surface area (Å²) in [6.07, 6.45) is 6.60. The van der Waals surface area contributed by atoms with E-state index in [4.69, 9.17) is 0 Å². The second kappa shape index (κ2) is 9.49. The molecule has 0 radical (unpaired) electrons. The summed E-state index contributed by atoms with van der Waals surface area (Å²) >= 11 is 1.21. The number of rotatable bonds is 5. The average molecular weight is 448 g/mol. The van der Waals surface area contributed by atoms with Gasteiger partial charge < -0.3 is 10.2 Å². The molecule has 4 rings (SSSR count). The quantitative estimate of drug-likeness (QED) is 0.710. The standard InChI is InChI=1S/C22H29N3O3S2/c26-22(23-18-8-4-1-2-5-9-18)21-20(12-17-29-21)30(27,28)25-15-13-24(14-16-25)19-10-6-3-7-11-19/h3,6-7,10-12,17-18H,1-2,4-5,8-9,13-16H2,(H,23,26). The second-order valence-corrected chi connectivity index (χ2v) is 10.8. The van der Waals surface area contributed by atoms with Gasteiger partial charge >= 0.3 is 0 Å². The van der Waals surface area contributed by atoms with Crippen molar-refractivity contribution in [2.75, 3.05) is 31.1 Å². The summed E-state index contributed by atoms with van der Waals surface area (Å²) in [6, 6.07) is 11.8. The molecule has 1 saturated carbocycles. The van der Waals surface area contributed by atoms with Crippen molar-refractivity contribution in [3.8, 4) is 0 Å². The fourth-order valence-corrected chi connectivity index (χ4v) is 7.03. The monoisotopic (exact) mass is 447 g/mol. The molecule has 8 heteroatoms. The van der Waals surface area contributed by atoms with Crippen LogP contribution in [0, 0.1) is 0 Å². The molecular weight excluding hydrogens is 418 g/mol. The Balaban J connectivity index is 1.44. The molecule has 2 heterocycles. The third-order valence-corrected chi connectivity index (χ3v) is 8.99. The maximum absolute atomic E-state index is 13.3. The van der Waals surface area contributed by atoms with Gasteiger partial charge in [0.15, 0.2) is 0 Å². The van der Waals surface area contributed by atoms with Crippen LogP contribution in [0.1, 0.15) is 48.2 Å². The van der Waals surface area contributed by atoms with Crippen molar-refractivity contribution in [2.24, 2.45) is 0 Å². The molecule has 1 aliphatic heterocycles. The Bertz CT molecular complexity index is 943. The molecule has 1 saturated heterocycles. The number of hydrogen-bond acceptors (Lipinski definition) is 5. The Morgan fingerprint density at radius 2 is 1.60 bits per heavy atom. The maximum atomic E-state index is 13.3. The van der Waals surface area contributed by atoms with E-state index in [1.807, 2.05) is 30.3 Å². The number of thiophene rings is 1. The van der Waals surface area contributed by atoms with Crippen molar-refractivity contribution in [1.29, 1.82) is 0 Å². The Hall–Kier alpha value is -1.90. The van der Waals surface area contributed by atoms with Crippen LogP contribution in [-0.2, 0) is 10.0 Å². The zero-order valence-electron chi connectivity index (χ0n) is 17.1. The van der Waals surface area contributed by atoms with E-state index >= 15 is 0 Å². The molecule has 0 unspecified atom stereocenters. The number of amides is 1. The number of nitrogens with zero attached hydrogens (tertiary/aromatic N) is 2. The van der Waals surface area contributed by atoms with Gasteiger partial charge in [-0.2, -0.15) is 4.31 Å². The Morgan fingerprint density at radius 1 is 0.933 bits per heavy atom. The van der Waals surface area contributed by atoms with E-state index in [1.165, 1.54) is 28.5 Å². The first kappa shape index (κ1) is 21.3.